The summed E-state index contributed by atoms with van der Waals surface area (Å²) in [7, 11) is 0. The van der Waals surface area contributed by atoms with Gasteiger partial charge in [0, 0.05) is 14.8 Å². The lowest BCUT2D eigenvalue weighted by Crippen LogP contribution is -1.92. The van der Waals surface area contributed by atoms with Crippen LogP contribution in [0, 0.1) is 13.8 Å². The highest BCUT2D eigenvalue weighted by Gasteiger charge is 2.04. The molecule has 0 spiro atoms. The first-order valence-corrected chi connectivity index (χ1v) is 10.5. The van der Waals surface area contributed by atoms with E-state index in [4.69, 9.17) is 16.6 Å². The molecule has 28 heavy (non-hydrogen) atoms. The highest BCUT2D eigenvalue weighted by Crippen LogP contribution is 2.26. The molecule has 0 N–H and O–H groups in total. The number of halogens is 1. The van der Waals surface area contributed by atoms with Gasteiger partial charge in [-0.15, -0.1) is 12.6 Å². The van der Waals surface area contributed by atoms with Crippen LogP contribution in [-0.2, 0) is 0 Å². The average Bonchev–Trinajstić information content (AvgIpc) is 2.67. The summed E-state index contributed by atoms with van der Waals surface area (Å²) in [5.41, 5.74) is 4.46. The molecule has 0 aliphatic rings. The van der Waals surface area contributed by atoms with Crippen molar-refractivity contribution in [2.45, 2.75) is 30.6 Å². The van der Waals surface area contributed by atoms with Crippen molar-refractivity contribution in [1.82, 2.24) is 0 Å². The molecule has 0 aliphatic heterocycles. The third kappa shape index (κ3) is 7.97. The largest absolute Gasteiger partial charge is 0.242 e. The Morgan fingerprint density at radius 3 is 1.82 bits per heavy atom. The van der Waals surface area contributed by atoms with E-state index >= 15 is 0 Å². The number of hydrogen-bond acceptors (Lipinski definition) is 3. The van der Waals surface area contributed by atoms with Gasteiger partial charge in [-0.2, -0.15) is 0 Å². The van der Waals surface area contributed by atoms with E-state index < -0.39 is 0 Å². The Morgan fingerprint density at radius 1 is 0.857 bits per heavy atom. The number of aryl methyl sites for hydroxylation is 2. The van der Waals surface area contributed by atoms with Gasteiger partial charge in [0.15, 0.2) is 0 Å². The number of hydrogen-bond donors (Lipinski definition) is 1. The van der Waals surface area contributed by atoms with Crippen LogP contribution in [0.2, 0.25) is 5.02 Å². The third-order valence-electron chi connectivity index (χ3n) is 3.69. The predicted octanol–water partition coefficient (Wildman–Crippen LogP) is 8.33. The molecule has 0 atom stereocenters. The van der Waals surface area contributed by atoms with E-state index in [0.717, 1.165) is 26.2 Å². The Morgan fingerprint density at radius 2 is 1.36 bits per heavy atom. The zero-order valence-corrected chi connectivity index (χ0v) is 18.8. The summed E-state index contributed by atoms with van der Waals surface area (Å²) in [6.07, 6.45) is 0. The van der Waals surface area contributed by atoms with E-state index in [-0.39, 0.29) is 0 Å². The molecule has 0 bridgehead atoms. The Bertz CT molecular complexity index is 907. The number of nitrogens with zero attached hydrogens (tertiary/aromatic N) is 1. The van der Waals surface area contributed by atoms with Crippen molar-refractivity contribution in [2.75, 3.05) is 0 Å². The summed E-state index contributed by atoms with van der Waals surface area (Å²) >= 11 is 11.3. The Balaban J connectivity index is 0.000000292. The molecule has 0 heterocycles. The summed E-state index contributed by atoms with van der Waals surface area (Å²) in [4.78, 5) is 6.82. The molecule has 0 aromatic heterocycles. The van der Waals surface area contributed by atoms with Crippen LogP contribution in [0.25, 0.3) is 0 Å². The predicted molar refractivity (Wildman–Crippen MR) is 129 cm³/mol. The van der Waals surface area contributed by atoms with Crippen LogP contribution in [0.1, 0.15) is 18.1 Å². The first-order chi connectivity index (χ1) is 13.3. The summed E-state index contributed by atoms with van der Waals surface area (Å²) in [5.74, 6) is 0. The van der Waals surface area contributed by atoms with E-state index in [1.165, 1.54) is 16.0 Å². The standard InChI is InChI=1S/C18H19NS.C6H5ClS/c1-13(2)18(19-16-9-5-14(3)6-10-16)20-17-11-7-15(4)8-12-17;7-5-1-3-6(8)4-2-5/h5-12H,1H2,2-4H3;1-4,8H. The molecule has 4 heteroatoms. The van der Waals surface area contributed by atoms with Crippen LogP contribution in [0.15, 0.2) is 99.7 Å². The van der Waals surface area contributed by atoms with Crippen molar-refractivity contribution >= 4 is 46.7 Å². The summed E-state index contributed by atoms with van der Waals surface area (Å²) in [5, 5.41) is 1.71. The van der Waals surface area contributed by atoms with Gasteiger partial charge in [0.1, 0.15) is 5.04 Å². The van der Waals surface area contributed by atoms with E-state index in [0.29, 0.717) is 0 Å². The van der Waals surface area contributed by atoms with Crippen LogP contribution >= 0.6 is 36.0 Å². The second kappa shape index (κ2) is 11.2. The summed E-state index contributed by atoms with van der Waals surface area (Å²) in [6.45, 7) is 10.2. The number of thioether (sulfide) groups is 1. The first kappa shape index (κ1) is 22.4. The topological polar surface area (TPSA) is 12.4 Å². The highest BCUT2D eigenvalue weighted by molar-refractivity contribution is 8.14. The van der Waals surface area contributed by atoms with Crippen molar-refractivity contribution in [3.63, 3.8) is 0 Å². The van der Waals surface area contributed by atoms with Crippen LogP contribution in [0.4, 0.5) is 5.69 Å². The van der Waals surface area contributed by atoms with Gasteiger partial charge in [-0.3, -0.25) is 0 Å². The van der Waals surface area contributed by atoms with Crippen LogP contribution < -0.4 is 0 Å². The van der Waals surface area contributed by atoms with Crippen molar-refractivity contribution in [3.8, 4) is 0 Å². The minimum atomic E-state index is 0.753. The van der Waals surface area contributed by atoms with E-state index in [1.807, 2.05) is 43.3 Å². The lowest BCUT2D eigenvalue weighted by Gasteiger charge is -2.06. The minimum absolute atomic E-state index is 0.753. The van der Waals surface area contributed by atoms with Gasteiger partial charge in [0.05, 0.1) is 5.69 Å². The van der Waals surface area contributed by atoms with Crippen molar-refractivity contribution in [1.29, 1.82) is 0 Å². The molecule has 0 saturated carbocycles. The zero-order chi connectivity index (χ0) is 20.5. The monoisotopic (exact) mass is 425 g/mol. The maximum atomic E-state index is 5.58. The van der Waals surface area contributed by atoms with Gasteiger partial charge >= 0.3 is 0 Å². The molecular weight excluding hydrogens is 402 g/mol. The molecule has 3 aromatic rings. The number of aliphatic imine (C=N–C) groups is 1. The van der Waals surface area contributed by atoms with Crippen LogP contribution in [0.5, 0.6) is 0 Å². The molecule has 0 aliphatic carbocycles. The summed E-state index contributed by atoms with van der Waals surface area (Å²) < 4.78 is 0. The lowest BCUT2D eigenvalue weighted by atomic mass is 10.2. The van der Waals surface area contributed by atoms with E-state index in [2.05, 4.69) is 69.5 Å². The molecule has 3 aromatic carbocycles. The van der Waals surface area contributed by atoms with Gasteiger partial charge in [0.25, 0.3) is 0 Å². The normalized spacial score (nSPS) is 10.8. The summed E-state index contributed by atoms with van der Waals surface area (Å²) in [6, 6.07) is 24.0. The second-order valence-corrected chi connectivity index (χ2v) is 8.44. The van der Waals surface area contributed by atoms with Gasteiger partial charge in [0.2, 0.25) is 0 Å². The Kier molecular flexibility index (Phi) is 8.91. The average molecular weight is 426 g/mol. The fraction of sp³-hybridized carbons (Fsp3) is 0.125. The number of rotatable bonds is 3. The molecule has 3 rings (SSSR count). The quantitative estimate of drug-likeness (QED) is 0.192. The van der Waals surface area contributed by atoms with Gasteiger partial charge < -0.3 is 0 Å². The van der Waals surface area contributed by atoms with Crippen molar-refractivity contribution < 1.29 is 0 Å². The maximum Gasteiger partial charge on any atom is 0.104 e. The molecule has 0 saturated heterocycles. The third-order valence-corrected chi connectivity index (χ3v) is 5.38. The first-order valence-electron chi connectivity index (χ1n) is 8.84. The SMILES string of the molecule is C=C(C)C(=Nc1ccc(C)cc1)Sc1ccc(C)cc1.Sc1ccc(Cl)cc1. The Hall–Kier alpha value is -1.94. The molecule has 1 nitrogen and oxygen atoms in total. The van der Waals surface area contributed by atoms with Crippen molar-refractivity contribution in [3.05, 3.63) is 101 Å². The van der Waals surface area contributed by atoms with E-state index in [9.17, 15) is 0 Å². The number of thiol groups is 1. The lowest BCUT2D eigenvalue weighted by molar-refractivity contribution is 1.38. The van der Waals surface area contributed by atoms with E-state index in [1.54, 1.807) is 11.8 Å². The fourth-order valence-corrected chi connectivity index (χ4v) is 3.20. The molecular formula is C24H24ClNS2. The highest BCUT2D eigenvalue weighted by atomic mass is 35.5. The van der Waals surface area contributed by atoms with Crippen LogP contribution in [0.3, 0.4) is 0 Å². The fourth-order valence-electron chi connectivity index (χ4n) is 2.10. The maximum absolute atomic E-state index is 5.58. The molecule has 144 valence electrons. The molecule has 0 unspecified atom stereocenters. The smallest absolute Gasteiger partial charge is 0.104 e. The second-order valence-electron chi connectivity index (χ2n) is 6.42. The minimum Gasteiger partial charge on any atom is -0.242 e. The van der Waals surface area contributed by atoms with Crippen LogP contribution in [-0.4, -0.2) is 5.04 Å². The molecule has 0 amide bonds. The molecule has 0 radical (unpaired) electrons. The molecule has 0 fully saturated rings. The number of benzene rings is 3. The zero-order valence-electron chi connectivity index (χ0n) is 16.3. The van der Waals surface area contributed by atoms with Gasteiger partial charge in [-0.25, -0.2) is 4.99 Å². The Labute approximate surface area is 183 Å². The van der Waals surface area contributed by atoms with Gasteiger partial charge in [-0.1, -0.05) is 65.3 Å². The van der Waals surface area contributed by atoms with Crippen molar-refractivity contribution in [2.24, 2.45) is 4.99 Å². The van der Waals surface area contributed by atoms with Gasteiger partial charge in [-0.05, 0) is 74.9 Å².